The van der Waals surface area contributed by atoms with Crippen molar-refractivity contribution in [3.05, 3.63) is 23.8 Å². The predicted molar refractivity (Wildman–Crippen MR) is 95.3 cm³/mol. The number of rotatable bonds is 9. The molecule has 0 rings (SSSR count). The van der Waals surface area contributed by atoms with E-state index in [1.165, 1.54) is 26.0 Å². The highest BCUT2D eigenvalue weighted by atomic mass is 32.2. The molecule has 1 N–H and O–H groups in total. The summed E-state index contributed by atoms with van der Waals surface area (Å²) in [5.74, 6) is -7.86. The third-order valence-corrected chi connectivity index (χ3v) is 5.99. The van der Waals surface area contributed by atoms with E-state index in [1.54, 1.807) is 6.92 Å². The van der Waals surface area contributed by atoms with E-state index in [-0.39, 0.29) is 5.92 Å². The fourth-order valence-corrected chi connectivity index (χ4v) is 3.14. The summed E-state index contributed by atoms with van der Waals surface area (Å²) in [7, 11) is -13.8. The second-order valence-corrected chi connectivity index (χ2v) is 9.76. The number of hydrogen-bond acceptors (Lipinski definition) is 4. The first-order valence-corrected chi connectivity index (χ1v) is 10.8. The van der Waals surface area contributed by atoms with Crippen molar-refractivity contribution in [1.82, 2.24) is 0 Å². The lowest BCUT2D eigenvalue weighted by atomic mass is 10.0. The molecule has 0 fully saturated rings. The third kappa shape index (κ3) is 5.60. The minimum absolute atomic E-state index is 0.0773. The molecule has 14 heteroatoms. The van der Waals surface area contributed by atoms with Crippen LogP contribution >= 0.6 is 0 Å². The molecule has 0 saturated heterocycles. The summed E-state index contributed by atoms with van der Waals surface area (Å²) in [4.78, 5) is 0. The van der Waals surface area contributed by atoms with Crippen LogP contribution in [0.15, 0.2) is 28.2 Å². The van der Waals surface area contributed by atoms with Crippen molar-refractivity contribution in [3.8, 4) is 0 Å². The van der Waals surface area contributed by atoms with E-state index >= 15 is 0 Å². The highest BCUT2D eigenvalue weighted by molar-refractivity contribution is 7.91. The average Bonchev–Trinajstić information content (AvgIpc) is 2.51. The van der Waals surface area contributed by atoms with Gasteiger partial charge in [0.2, 0.25) is 0 Å². The van der Waals surface area contributed by atoms with Crippen LogP contribution in [0, 0.1) is 11.8 Å². The Labute approximate surface area is 165 Å². The Morgan fingerprint density at radius 2 is 1.34 bits per heavy atom. The van der Waals surface area contributed by atoms with Crippen molar-refractivity contribution in [3.63, 3.8) is 0 Å². The summed E-state index contributed by atoms with van der Waals surface area (Å²) in [5.41, 5.74) is 0.111. The summed E-state index contributed by atoms with van der Waals surface area (Å²) in [6, 6.07) is 0. The molecular weight excluding hydrogens is 452 g/mol. The number of sulfonamides is 1. The molecule has 0 atom stereocenters. The Morgan fingerprint density at radius 1 is 0.897 bits per heavy atom. The maximum atomic E-state index is 13.8. The molecule has 170 valence electrons. The van der Waals surface area contributed by atoms with Crippen LogP contribution in [0.4, 0.5) is 26.3 Å². The van der Waals surface area contributed by atoms with Crippen LogP contribution in [0.25, 0.3) is 0 Å². The van der Waals surface area contributed by atoms with Crippen molar-refractivity contribution in [1.29, 1.82) is 0 Å². The number of hydrogen-bond donors (Lipinski definition) is 1. The minimum Gasteiger partial charge on any atom is -0.281 e. The van der Waals surface area contributed by atoms with Crippen LogP contribution in [-0.4, -0.2) is 43.5 Å². The average molecular weight is 473 g/mol. The zero-order valence-electron chi connectivity index (χ0n) is 16.0. The standard InChI is InChI=1S/C15H21F6NO5S2/c1-9(2)11(5)7-6-8-12(10(3)4)22-28(23,24)14(18,19)13(16,17)15(20,21)29(25,26)27/h6-10H,1-5H3,(H,25,26,27)/b8-6-,11-7+,22-12?. The minimum atomic E-state index is -7.08. The van der Waals surface area contributed by atoms with Crippen LogP contribution in [0.2, 0.25) is 0 Å². The van der Waals surface area contributed by atoms with Gasteiger partial charge in [-0.15, -0.1) is 0 Å². The molecule has 29 heavy (non-hydrogen) atoms. The largest absolute Gasteiger partial charge is 0.439 e. The number of allylic oxidation sites excluding steroid dienone is 4. The molecule has 0 aromatic rings. The summed E-state index contributed by atoms with van der Waals surface area (Å²) in [6.45, 7) is 7.87. The topological polar surface area (TPSA) is 101 Å². The van der Waals surface area contributed by atoms with E-state index in [4.69, 9.17) is 4.55 Å². The number of halogens is 6. The van der Waals surface area contributed by atoms with Gasteiger partial charge in [-0.05, 0) is 24.8 Å². The molecule has 0 aliphatic carbocycles. The maximum absolute atomic E-state index is 13.8. The molecule has 0 heterocycles. The lowest BCUT2D eigenvalue weighted by molar-refractivity contribution is -0.245. The summed E-state index contributed by atoms with van der Waals surface area (Å²) >= 11 is 0. The van der Waals surface area contributed by atoms with E-state index in [2.05, 4.69) is 4.40 Å². The molecule has 0 aliphatic heterocycles. The molecule has 0 unspecified atom stereocenters. The first-order chi connectivity index (χ1) is 12.6. The SMILES string of the molecule is C/C(=C\C=C/C(=NS(=O)(=O)C(F)(F)C(F)(F)C(F)(F)S(=O)(=O)O)C(C)C)C(C)C. The van der Waals surface area contributed by atoms with Crippen LogP contribution in [0.3, 0.4) is 0 Å². The van der Waals surface area contributed by atoms with Gasteiger partial charge in [0.05, 0.1) is 5.71 Å². The van der Waals surface area contributed by atoms with E-state index in [0.29, 0.717) is 0 Å². The van der Waals surface area contributed by atoms with Gasteiger partial charge in [-0.1, -0.05) is 45.4 Å². The Balaban J connectivity index is 6.43. The summed E-state index contributed by atoms with van der Waals surface area (Å²) in [5, 5.41) is -13.5. The quantitative estimate of drug-likeness (QED) is 0.233. The summed E-state index contributed by atoms with van der Waals surface area (Å²) in [6.07, 6.45) is 3.57. The summed E-state index contributed by atoms with van der Waals surface area (Å²) < 4.78 is 136. The molecule has 0 spiro atoms. The first kappa shape index (κ1) is 27.6. The van der Waals surface area contributed by atoms with Crippen molar-refractivity contribution < 1.29 is 47.7 Å². The van der Waals surface area contributed by atoms with E-state index in [0.717, 1.165) is 11.6 Å². The van der Waals surface area contributed by atoms with Gasteiger partial charge < -0.3 is 0 Å². The molecule has 0 radical (unpaired) electrons. The Morgan fingerprint density at radius 3 is 1.69 bits per heavy atom. The predicted octanol–water partition coefficient (Wildman–Crippen LogP) is 4.28. The van der Waals surface area contributed by atoms with Gasteiger partial charge in [-0.25, -0.2) is 0 Å². The van der Waals surface area contributed by atoms with Crippen molar-refractivity contribution in [2.45, 2.75) is 51.1 Å². The zero-order valence-corrected chi connectivity index (χ0v) is 17.6. The molecule has 0 bridgehead atoms. The molecule has 6 nitrogen and oxygen atoms in total. The highest BCUT2D eigenvalue weighted by Crippen LogP contribution is 2.51. The second-order valence-electron chi connectivity index (χ2n) is 6.65. The molecule has 0 aromatic heterocycles. The van der Waals surface area contributed by atoms with Gasteiger partial charge in [0.25, 0.3) is 0 Å². The van der Waals surface area contributed by atoms with Crippen LogP contribution in [-0.2, 0) is 20.1 Å². The van der Waals surface area contributed by atoms with Gasteiger partial charge in [0, 0.05) is 0 Å². The van der Waals surface area contributed by atoms with E-state index < -0.39 is 48.2 Å². The smallest absolute Gasteiger partial charge is 0.281 e. The Kier molecular flexibility index (Phi) is 8.33. The number of alkyl halides is 6. The van der Waals surface area contributed by atoms with Crippen molar-refractivity contribution in [2.24, 2.45) is 16.2 Å². The van der Waals surface area contributed by atoms with Crippen LogP contribution < -0.4 is 0 Å². The lowest BCUT2D eigenvalue weighted by Crippen LogP contribution is -2.60. The monoisotopic (exact) mass is 473 g/mol. The normalized spacial score (nSPS) is 16.3. The van der Waals surface area contributed by atoms with Gasteiger partial charge in [0.15, 0.2) is 0 Å². The Hall–Kier alpha value is -1.41. The van der Waals surface area contributed by atoms with Crippen LogP contribution in [0.5, 0.6) is 0 Å². The maximum Gasteiger partial charge on any atom is 0.439 e. The van der Waals surface area contributed by atoms with Gasteiger partial charge in [-0.3, -0.25) is 4.55 Å². The number of nitrogens with zero attached hydrogens (tertiary/aromatic N) is 1. The Bertz CT molecular complexity index is 903. The first-order valence-electron chi connectivity index (χ1n) is 7.93. The van der Waals surface area contributed by atoms with E-state index in [1.807, 2.05) is 13.8 Å². The zero-order chi connectivity index (χ0) is 23.6. The molecule has 0 saturated carbocycles. The molecule has 0 amide bonds. The fourth-order valence-electron chi connectivity index (χ4n) is 1.51. The molecule has 0 aliphatic rings. The molecular formula is C15H21F6NO5S2. The van der Waals surface area contributed by atoms with Crippen molar-refractivity contribution in [2.75, 3.05) is 0 Å². The second kappa shape index (κ2) is 8.76. The highest BCUT2D eigenvalue weighted by Gasteiger charge is 2.82. The molecule has 0 aromatic carbocycles. The lowest BCUT2D eigenvalue weighted by Gasteiger charge is -2.29. The third-order valence-electron chi connectivity index (χ3n) is 3.73. The van der Waals surface area contributed by atoms with Crippen molar-refractivity contribution >= 4 is 25.9 Å². The van der Waals surface area contributed by atoms with E-state index in [9.17, 15) is 43.2 Å². The van der Waals surface area contributed by atoms with Gasteiger partial charge in [-0.2, -0.15) is 47.6 Å². The van der Waals surface area contributed by atoms with Crippen LogP contribution in [0.1, 0.15) is 34.6 Å². The fraction of sp³-hybridized carbons (Fsp3) is 0.667. The van der Waals surface area contributed by atoms with Gasteiger partial charge in [0.1, 0.15) is 0 Å². The van der Waals surface area contributed by atoms with Gasteiger partial charge >= 0.3 is 36.6 Å².